The molecule has 5 heteroatoms. The third-order valence-corrected chi connectivity index (χ3v) is 3.17. The molecular weight excluding hydrogens is 270 g/mol. The second kappa shape index (κ2) is 11.5. The number of benzene rings is 1. The monoisotopic (exact) mass is 297 g/mol. The van der Waals surface area contributed by atoms with E-state index in [2.05, 4.69) is 11.4 Å². The van der Waals surface area contributed by atoms with Crippen LogP contribution in [0.3, 0.4) is 0 Å². The van der Waals surface area contributed by atoms with E-state index in [-0.39, 0.29) is 6.04 Å². The van der Waals surface area contributed by atoms with Crippen LogP contribution in [0.5, 0.6) is 5.75 Å². The lowest BCUT2D eigenvalue weighted by Crippen LogP contribution is -2.20. The lowest BCUT2D eigenvalue weighted by molar-refractivity contribution is 0.0659. The summed E-state index contributed by atoms with van der Waals surface area (Å²) < 4.78 is 21.3. The molecule has 1 aromatic carbocycles. The Labute approximate surface area is 127 Å². The van der Waals surface area contributed by atoms with Gasteiger partial charge in [-0.05, 0) is 19.5 Å². The highest BCUT2D eigenvalue weighted by Crippen LogP contribution is 2.27. The third-order valence-electron chi connectivity index (χ3n) is 3.17. The van der Waals surface area contributed by atoms with Crippen molar-refractivity contribution in [1.82, 2.24) is 5.32 Å². The summed E-state index contributed by atoms with van der Waals surface area (Å²) in [7, 11) is 5.29. The fraction of sp³-hybridized carbons (Fsp3) is 0.625. The lowest BCUT2D eigenvalue weighted by Gasteiger charge is -2.20. The molecule has 0 bridgehead atoms. The van der Waals surface area contributed by atoms with E-state index in [4.69, 9.17) is 18.9 Å². The van der Waals surface area contributed by atoms with E-state index in [1.54, 1.807) is 14.2 Å². The van der Waals surface area contributed by atoms with Crippen LogP contribution >= 0.6 is 0 Å². The van der Waals surface area contributed by atoms with Gasteiger partial charge in [0.05, 0.1) is 19.8 Å². The van der Waals surface area contributed by atoms with Gasteiger partial charge in [-0.15, -0.1) is 0 Å². The van der Waals surface area contributed by atoms with Crippen molar-refractivity contribution < 1.29 is 18.9 Å². The summed E-state index contributed by atoms with van der Waals surface area (Å²) in [6, 6.07) is 8.27. The van der Waals surface area contributed by atoms with E-state index in [0.29, 0.717) is 33.0 Å². The Morgan fingerprint density at radius 1 is 0.952 bits per heavy atom. The van der Waals surface area contributed by atoms with Crippen molar-refractivity contribution >= 4 is 0 Å². The van der Waals surface area contributed by atoms with Crippen LogP contribution in [0.1, 0.15) is 18.0 Å². The molecule has 1 rings (SSSR count). The lowest BCUT2D eigenvalue weighted by atomic mass is 10.0. The Morgan fingerprint density at radius 3 is 2.38 bits per heavy atom. The van der Waals surface area contributed by atoms with Gasteiger partial charge >= 0.3 is 0 Å². The highest BCUT2D eigenvalue weighted by molar-refractivity contribution is 5.35. The molecule has 0 heterocycles. The zero-order valence-corrected chi connectivity index (χ0v) is 13.3. The zero-order chi connectivity index (χ0) is 15.3. The van der Waals surface area contributed by atoms with Crippen molar-refractivity contribution in [2.75, 3.05) is 54.3 Å². The molecule has 0 aliphatic carbocycles. The van der Waals surface area contributed by atoms with Crippen LogP contribution in [0.2, 0.25) is 0 Å². The highest BCUT2D eigenvalue weighted by atomic mass is 16.5. The normalized spacial score (nSPS) is 12.3. The quantitative estimate of drug-likeness (QED) is 0.598. The zero-order valence-electron chi connectivity index (χ0n) is 13.3. The molecule has 0 saturated carbocycles. The van der Waals surface area contributed by atoms with E-state index in [1.807, 2.05) is 25.2 Å². The molecule has 120 valence electrons. The van der Waals surface area contributed by atoms with E-state index in [9.17, 15) is 0 Å². The van der Waals surface area contributed by atoms with Gasteiger partial charge in [-0.3, -0.25) is 0 Å². The van der Waals surface area contributed by atoms with Crippen LogP contribution in [0, 0.1) is 0 Å². The Bertz CT molecular complexity index is 373. The molecule has 0 amide bonds. The molecule has 0 aromatic heterocycles. The largest absolute Gasteiger partial charge is 0.491 e. The van der Waals surface area contributed by atoms with Gasteiger partial charge in [-0.1, -0.05) is 18.2 Å². The first-order valence-corrected chi connectivity index (χ1v) is 7.28. The third kappa shape index (κ3) is 6.91. The first kappa shape index (κ1) is 17.9. The molecule has 1 N–H and O–H groups in total. The maximum atomic E-state index is 5.78. The standard InChI is InChI=1S/C16H27NO4/c1-17-15(8-9-20-12-10-18-2)14-6-4-5-7-16(14)21-13-11-19-3/h4-7,15,17H,8-13H2,1-3H3. The van der Waals surface area contributed by atoms with Gasteiger partial charge < -0.3 is 24.3 Å². The summed E-state index contributed by atoms with van der Waals surface area (Å²) in [4.78, 5) is 0. The van der Waals surface area contributed by atoms with Crippen molar-refractivity contribution in [2.24, 2.45) is 0 Å². The highest BCUT2D eigenvalue weighted by Gasteiger charge is 2.14. The molecule has 0 aliphatic heterocycles. The van der Waals surface area contributed by atoms with Gasteiger partial charge in [0, 0.05) is 32.4 Å². The predicted molar refractivity (Wildman–Crippen MR) is 82.9 cm³/mol. The number of ether oxygens (including phenoxy) is 4. The van der Waals surface area contributed by atoms with Crippen molar-refractivity contribution in [3.63, 3.8) is 0 Å². The number of para-hydroxylation sites is 1. The van der Waals surface area contributed by atoms with E-state index >= 15 is 0 Å². The molecule has 0 aliphatic rings. The van der Waals surface area contributed by atoms with Crippen LogP contribution in [0.25, 0.3) is 0 Å². The van der Waals surface area contributed by atoms with Crippen molar-refractivity contribution in [1.29, 1.82) is 0 Å². The van der Waals surface area contributed by atoms with Crippen LogP contribution in [-0.4, -0.2) is 54.3 Å². The molecular formula is C16H27NO4. The summed E-state index contributed by atoms with van der Waals surface area (Å²) in [5.74, 6) is 0.894. The Morgan fingerprint density at radius 2 is 1.67 bits per heavy atom. The summed E-state index contributed by atoms with van der Waals surface area (Å²) in [6.07, 6.45) is 0.880. The second-order valence-corrected chi connectivity index (χ2v) is 4.61. The number of hydrogen-bond donors (Lipinski definition) is 1. The average molecular weight is 297 g/mol. The minimum Gasteiger partial charge on any atom is -0.491 e. The van der Waals surface area contributed by atoms with E-state index in [1.165, 1.54) is 0 Å². The van der Waals surface area contributed by atoms with Crippen molar-refractivity contribution in [3.8, 4) is 5.75 Å². The first-order chi connectivity index (χ1) is 10.3. The molecule has 0 saturated heterocycles. The molecule has 0 spiro atoms. The molecule has 21 heavy (non-hydrogen) atoms. The molecule has 1 unspecified atom stereocenters. The first-order valence-electron chi connectivity index (χ1n) is 7.28. The molecule has 1 aromatic rings. The Balaban J connectivity index is 2.54. The van der Waals surface area contributed by atoms with E-state index < -0.39 is 0 Å². The molecule has 1 atom stereocenters. The predicted octanol–water partition coefficient (Wildman–Crippen LogP) is 2.03. The topological polar surface area (TPSA) is 49.0 Å². The summed E-state index contributed by atoms with van der Waals surface area (Å²) in [5, 5.41) is 3.32. The summed E-state index contributed by atoms with van der Waals surface area (Å²) in [6.45, 7) is 3.06. The van der Waals surface area contributed by atoms with Crippen LogP contribution in [0.4, 0.5) is 0 Å². The van der Waals surface area contributed by atoms with Crippen LogP contribution in [0.15, 0.2) is 24.3 Å². The fourth-order valence-electron chi connectivity index (χ4n) is 2.04. The SMILES string of the molecule is CNC(CCOCCOC)c1ccccc1OCCOC. The Hall–Kier alpha value is -1.14. The van der Waals surface area contributed by atoms with Crippen LogP contribution < -0.4 is 10.1 Å². The second-order valence-electron chi connectivity index (χ2n) is 4.61. The summed E-state index contributed by atoms with van der Waals surface area (Å²) in [5.41, 5.74) is 1.14. The number of rotatable bonds is 12. The van der Waals surface area contributed by atoms with Crippen molar-refractivity contribution in [2.45, 2.75) is 12.5 Å². The smallest absolute Gasteiger partial charge is 0.124 e. The minimum atomic E-state index is 0.200. The van der Waals surface area contributed by atoms with Gasteiger partial charge in [0.25, 0.3) is 0 Å². The summed E-state index contributed by atoms with van der Waals surface area (Å²) >= 11 is 0. The maximum absolute atomic E-state index is 5.78. The van der Waals surface area contributed by atoms with Gasteiger partial charge in [-0.2, -0.15) is 0 Å². The molecule has 5 nitrogen and oxygen atoms in total. The number of methoxy groups -OCH3 is 2. The number of hydrogen-bond acceptors (Lipinski definition) is 5. The molecule has 0 radical (unpaired) electrons. The van der Waals surface area contributed by atoms with Gasteiger partial charge in [0.1, 0.15) is 12.4 Å². The number of nitrogens with one attached hydrogen (secondary N) is 1. The maximum Gasteiger partial charge on any atom is 0.124 e. The van der Waals surface area contributed by atoms with Crippen LogP contribution in [-0.2, 0) is 14.2 Å². The fourth-order valence-corrected chi connectivity index (χ4v) is 2.04. The average Bonchev–Trinajstić information content (AvgIpc) is 2.52. The molecule has 0 fully saturated rings. The van der Waals surface area contributed by atoms with Gasteiger partial charge in [-0.25, -0.2) is 0 Å². The van der Waals surface area contributed by atoms with E-state index in [0.717, 1.165) is 17.7 Å². The van der Waals surface area contributed by atoms with Gasteiger partial charge in [0.2, 0.25) is 0 Å². The van der Waals surface area contributed by atoms with Crippen molar-refractivity contribution in [3.05, 3.63) is 29.8 Å². The minimum absolute atomic E-state index is 0.200. The Kier molecular flexibility index (Phi) is 9.82. The van der Waals surface area contributed by atoms with Gasteiger partial charge in [0.15, 0.2) is 0 Å².